The van der Waals surface area contributed by atoms with Crippen LogP contribution in [0.15, 0.2) is 23.4 Å². The average Bonchev–Trinajstić information content (AvgIpc) is 2.31. The van der Waals surface area contributed by atoms with E-state index in [2.05, 4.69) is 10.1 Å². The van der Waals surface area contributed by atoms with Gasteiger partial charge in [-0.25, -0.2) is 0 Å². The lowest BCUT2D eigenvalue weighted by molar-refractivity contribution is 0.318. The van der Waals surface area contributed by atoms with Crippen molar-refractivity contribution in [2.24, 2.45) is 10.9 Å². The van der Waals surface area contributed by atoms with Crippen LogP contribution in [0.5, 0.6) is 0 Å². The fourth-order valence-electron chi connectivity index (χ4n) is 1.61. The normalized spacial score (nSPS) is 11.6. The molecule has 0 saturated carbocycles. The lowest BCUT2D eigenvalue weighted by atomic mass is 10.1. The predicted molar refractivity (Wildman–Crippen MR) is 67.5 cm³/mol. The zero-order chi connectivity index (χ0) is 12.1. The Morgan fingerprint density at radius 3 is 2.56 bits per heavy atom. The molecular formula is C11H16ClN3O. The van der Waals surface area contributed by atoms with Crippen LogP contribution >= 0.6 is 11.6 Å². The van der Waals surface area contributed by atoms with Gasteiger partial charge in [-0.2, -0.15) is 0 Å². The minimum absolute atomic E-state index is 0.0735. The van der Waals surface area contributed by atoms with Gasteiger partial charge in [0.1, 0.15) is 0 Å². The molecule has 0 saturated heterocycles. The average molecular weight is 242 g/mol. The molecule has 0 aliphatic rings. The molecule has 0 amide bonds. The Balaban J connectivity index is 3.27. The Kier molecular flexibility index (Phi) is 4.43. The van der Waals surface area contributed by atoms with E-state index in [1.807, 2.05) is 19.9 Å². The smallest absolute Gasteiger partial charge is 0.172 e. The number of anilines is 1. The Morgan fingerprint density at radius 2 is 2.06 bits per heavy atom. The Labute approximate surface area is 100 Å². The van der Waals surface area contributed by atoms with Crippen LogP contribution in [0.4, 0.5) is 5.69 Å². The molecule has 0 heterocycles. The third-order valence-electron chi connectivity index (χ3n) is 2.45. The molecule has 0 fully saturated rings. The maximum atomic E-state index is 8.73. The van der Waals surface area contributed by atoms with E-state index in [0.29, 0.717) is 10.6 Å². The first kappa shape index (κ1) is 12.6. The molecule has 0 radical (unpaired) electrons. The predicted octanol–water partition coefficient (Wildman–Crippen LogP) is 2.28. The van der Waals surface area contributed by atoms with E-state index in [4.69, 9.17) is 22.5 Å². The van der Waals surface area contributed by atoms with Crippen molar-refractivity contribution in [3.05, 3.63) is 28.8 Å². The van der Waals surface area contributed by atoms with Gasteiger partial charge in [0.2, 0.25) is 0 Å². The van der Waals surface area contributed by atoms with Crippen molar-refractivity contribution >= 4 is 23.1 Å². The van der Waals surface area contributed by atoms with Gasteiger partial charge in [-0.3, -0.25) is 0 Å². The number of halogens is 1. The van der Waals surface area contributed by atoms with Crippen molar-refractivity contribution in [3.63, 3.8) is 0 Å². The highest BCUT2D eigenvalue weighted by Crippen LogP contribution is 2.24. The Morgan fingerprint density at radius 1 is 1.44 bits per heavy atom. The molecule has 0 aromatic heterocycles. The van der Waals surface area contributed by atoms with Gasteiger partial charge in [-0.15, -0.1) is 0 Å². The quantitative estimate of drug-likeness (QED) is 0.368. The molecule has 1 rings (SSSR count). The van der Waals surface area contributed by atoms with Gasteiger partial charge in [-0.05, 0) is 32.0 Å². The molecule has 0 aliphatic carbocycles. The van der Waals surface area contributed by atoms with E-state index in [1.165, 1.54) is 0 Å². The van der Waals surface area contributed by atoms with Crippen LogP contribution in [0, 0.1) is 0 Å². The van der Waals surface area contributed by atoms with Crippen LogP contribution < -0.4 is 10.6 Å². The second kappa shape index (κ2) is 5.61. The number of hydrogen-bond donors (Lipinski definition) is 2. The van der Waals surface area contributed by atoms with Gasteiger partial charge in [0.25, 0.3) is 0 Å². The van der Waals surface area contributed by atoms with Crippen molar-refractivity contribution in [1.29, 1.82) is 0 Å². The van der Waals surface area contributed by atoms with Crippen LogP contribution in [0.1, 0.15) is 19.4 Å². The largest absolute Gasteiger partial charge is 0.409 e. The number of amidine groups is 1. The highest BCUT2D eigenvalue weighted by Gasteiger charge is 2.12. The van der Waals surface area contributed by atoms with Gasteiger partial charge in [0.15, 0.2) is 5.84 Å². The Bertz CT molecular complexity index is 389. The van der Waals surface area contributed by atoms with E-state index in [1.54, 1.807) is 12.1 Å². The zero-order valence-electron chi connectivity index (χ0n) is 9.44. The molecule has 0 aliphatic heterocycles. The van der Waals surface area contributed by atoms with Crippen molar-refractivity contribution in [2.75, 3.05) is 18.0 Å². The number of rotatable bonds is 4. The molecule has 1 aromatic carbocycles. The summed E-state index contributed by atoms with van der Waals surface area (Å²) in [4.78, 5) is 2.11. The van der Waals surface area contributed by atoms with Gasteiger partial charge in [0, 0.05) is 29.4 Å². The molecule has 88 valence electrons. The summed E-state index contributed by atoms with van der Waals surface area (Å²) in [5.41, 5.74) is 7.20. The SMILES string of the molecule is CCN(CC)c1ccc(Cl)cc1C(N)=NO. The van der Waals surface area contributed by atoms with Crippen LogP contribution in [0.2, 0.25) is 5.02 Å². The summed E-state index contributed by atoms with van der Waals surface area (Å²) >= 11 is 5.90. The summed E-state index contributed by atoms with van der Waals surface area (Å²) in [7, 11) is 0. The molecule has 3 N–H and O–H groups in total. The topological polar surface area (TPSA) is 61.8 Å². The summed E-state index contributed by atoms with van der Waals surface area (Å²) < 4.78 is 0. The van der Waals surface area contributed by atoms with E-state index < -0.39 is 0 Å². The fourth-order valence-corrected chi connectivity index (χ4v) is 1.78. The lowest BCUT2D eigenvalue weighted by Crippen LogP contribution is -2.26. The van der Waals surface area contributed by atoms with E-state index in [9.17, 15) is 0 Å². The molecule has 0 unspecified atom stereocenters. The van der Waals surface area contributed by atoms with E-state index >= 15 is 0 Å². The summed E-state index contributed by atoms with van der Waals surface area (Å²) in [6.07, 6.45) is 0. The highest BCUT2D eigenvalue weighted by atomic mass is 35.5. The van der Waals surface area contributed by atoms with Crippen molar-refractivity contribution in [1.82, 2.24) is 0 Å². The van der Waals surface area contributed by atoms with Crippen molar-refractivity contribution < 1.29 is 5.21 Å². The van der Waals surface area contributed by atoms with Crippen LogP contribution in [-0.2, 0) is 0 Å². The second-order valence-electron chi connectivity index (χ2n) is 3.32. The molecule has 1 aromatic rings. The molecular weight excluding hydrogens is 226 g/mol. The van der Waals surface area contributed by atoms with E-state index in [0.717, 1.165) is 18.8 Å². The summed E-state index contributed by atoms with van der Waals surface area (Å²) in [5.74, 6) is 0.0735. The number of oxime groups is 1. The van der Waals surface area contributed by atoms with Crippen LogP contribution in [0.3, 0.4) is 0 Å². The van der Waals surface area contributed by atoms with Gasteiger partial charge < -0.3 is 15.8 Å². The molecule has 4 nitrogen and oxygen atoms in total. The third kappa shape index (κ3) is 2.58. The van der Waals surface area contributed by atoms with Crippen LogP contribution in [0.25, 0.3) is 0 Å². The van der Waals surface area contributed by atoms with Crippen molar-refractivity contribution in [3.8, 4) is 0 Å². The minimum atomic E-state index is 0.0735. The lowest BCUT2D eigenvalue weighted by Gasteiger charge is -2.23. The molecule has 5 heteroatoms. The van der Waals surface area contributed by atoms with Crippen molar-refractivity contribution in [2.45, 2.75) is 13.8 Å². The number of hydrogen-bond acceptors (Lipinski definition) is 3. The summed E-state index contributed by atoms with van der Waals surface area (Å²) in [5, 5.41) is 12.3. The monoisotopic (exact) mass is 241 g/mol. The molecule has 0 bridgehead atoms. The fraction of sp³-hybridized carbons (Fsp3) is 0.364. The summed E-state index contributed by atoms with van der Waals surface area (Å²) in [6, 6.07) is 5.37. The number of benzene rings is 1. The first-order chi connectivity index (χ1) is 7.63. The Hall–Kier alpha value is -1.42. The second-order valence-corrected chi connectivity index (χ2v) is 3.76. The maximum absolute atomic E-state index is 8.73. The van der Waals surface area contributed by atoms with Crippen LogP contribution in [-0.4, -0.2) is 24.1 Å². The van der Waals surface area contributed by atoms with Gasteiger partial charge >= 0.3 is 0 Å². The highest BCUT2D eigenvalue weighted by molar-refractivity contribution is 6.31. The number of nitrogens with zero attached hydrogens (tertiary/aromatic N) is 2. The summed E-state index contributed by atoms with van der Waals surface area (Å²) in [6.45, 7) is 5.80. The number of nitrogens with two attached hydrogens (primary N) is 1. The first-order valence-corrected chi connectivity index (χ1v) is 5.54. The van der Waals surface area contributed by atoms with E-state index in [-0.39, 0.29) is 5.84 Å². The standard InChI is InChI=1S/C11H16ClN3O/c1-3-15(4-2)10-6-5-8(12)7-9(10)11(13)14-16/h5-7,16H,3-4H2,1-2H3,(H2,13,14). The third-order valence-corrected chi connectivity index (χ3v) is 2.68. The molecule has 0 atom stereocenters. The maximum Gasteiger partial charge on any atom is 0.172 e. The van der Waals surface area contributed by atoms with Gasteiger partial charge in [-0.1, -0.05) is 16.8 Å². The molecule has 0 spiro atoms. The zero-order valence-corrected chi connectivity index (χ0v) is 10.2. The van der Waals surface area contributed by atoms with Gasteiger partial charge in [0.05, 0.1) is 0 Å². The minimum Gasteiger partial charge on any atom is -0.409 e. The molecule has 16 heavy (non-hydrogen) atoms. The first-order valence-electron chi connectivity index (χ1n) is 5.16.